The fourth-order valence-electron chi connectivity index (χ4n) is 2.00. The molecule has 0 fully saturated rings. The van der Waals surface area contributed by atoms with E-state index in [1.165, 1.54) is 0 Å². The smallest absolute Gasteiger partial charge is 0.127 e. The third-order valence-electron chi connectivity index (χ3n) is 3.31. The Morgan fingerprint density at radius 3 is 2.42 bits per heavy atom. The maximum absolute atomic E-state index is 5.38. The minimum absolute atomic E-state index is 0.814. The highest BCUT2D eigenvalue weighted by atomic mass is 16.5. The number of nitrogens with one attached hydrogen (secondary N) is 1. The van der Waals surface area contributed by atoms with Crippen molar-refractivity contribution in [1.29, 1.82) is 0 Å². The van der Waals surface area contributed by atoms with E-state index in [4.69, 9.17) is 9.47 Å². The largest absolute Gasteiger partial charge is 0.497 e. The molecule has 108 valence electrons. The van der Waals surface area contributed by atoms with Crippen molar-refractivity contribution in [3.05, 3.63) is 23.8 Å². The number of nitrogens with zero attached hydrogens (tertiary/aromatic N) is 1. The number of likely N-dealkylation sites (N-methyl/N-ethyl adjacent to an activating group) is 1. The summed E-state index contributed by atoms with van der Waals surface area (Å²) in [6.07, 6.45) is 0. The zero-order valence-corrected chi connectivity index (χ0v) is 12.5. The number of ether oxygens (including phenoxy) is 2. The molecule has 0 atom stereocenters. The van der Waals surface area contributed by atoms with Crippen molar-refractivity contribution < 1.29 is 9.47 Å². The molecule has 1 aromatic rings. The summed E-state index contributed by atoms with van der Waals surface area (Å²) in [4.78, 5) is 2.40. The summed E-state index contributed by atoms with van der Waals surface area (Å²) >= 11 is 0. The fourth-order valence-corrected chi connectivity index (χ4v) is 2.00. The molecule has 0 saturated heterocycles. The van der Waals surface area contributed by atoms with Crippen molar-refractivity contribution in [3.63, 3.8) is 0 Å². The summed E-state index contributed by atoms with van der Waals surface area (Å²) in [6.45, 7) is 9.46. The monoisotopic (exact) mass is 266 g/mol. The molecule has 0 unspecified atom stereocenters. The lowest BCUT2D eigenvalue weighted by Crippen LogP contribution is -2.31. The zero-order chi connectivity index (χ0) is 14.1. The Bertz CT molecular complexity index is 365. The summed E-state index contributed by atoms with van der Waals surface area (Å²) in [6, 6.07) is 5.92. The first-order valence-corrected chi connectivity index (χ1v) is 6.89. The summed E-state index contributed by atoms with van der Waals surface area (Å²) in [7, 11) is 3.35. The van der Waals surface area contributed by atoms with E-state index in [1.54, 1.807) is 14.2 Å². The highest BCUT2D eigenvalue weighted by molar-refractivity contribution is 5.40. The van der Waals surface area contributed by atoms with Gasteiger partial charge in [0.05, 0.1) is 14.2 Å². The SMILES string of the molecule is CCN(CC)CCNCc1ccc(OC)cc1OC. The van der Waals surface area contributed by atoms with Crippen LogP contribution in [0.4, 0.5) is 0 Å². The van der Waals surface area contributed by atoms with Crippen molar-refractivity contribution in [1.82, 2.24) is 10.2 Å². The highest BCUT2D eigenvalue weighted by Gasteiger charge is 2.05. The van der Waals surface area contributed by atoms with Gasteiger partial charge in [0.2, 0.25) is 0 Å². The standard InChI is InChI=1S/C15H26N2O2/c1-5-17(6-2)10-9-16-12-13-7-8-14(18-3)11-15(13)19-4/h7-8,11,16H,5-6,9-10,12H2,1-4H3. The van der Waals surface area contributed by atoms with Crippen molar-refractivity contribution in [3.8, 4) is 11.5 Å². The topological polar surface area (TPSA) is 33.7 Å². The van der Waals surface area contributed by atoms with Gasteiger partial charge in [0.1, 0.15) is 11.5 Å². The lowest BCUT2D eigenvalue weighted by molar-refractivity contribution is 0.302. The molecule has 0 amide bonds. The lowest BCUT2D eigenvalue weighted by Gasteiger charge is -2.18. The molecule has 4 nitrogen and oxygen atoms in total. The van der Waals surface area contributed by atoms with Gasteiger partial charge in [-0.2, -0.15) is 0 Å². The maximum Gasteiger partial charge on any atom is 0.127 e. The van der Waals surface area contributed by atoms with Crippen LogP contribution in [0, 0.1) is 0 Å². The first-order chi connectivity index (χ1) is 9.24. The van der Waals surface area contributed by atoms with Crippen LogP contribution in [0.25, 0.3) is 0 Å². The minimum Gasteiger partial charge on any atom is -0.497 e. The van der Waals surface area contributed by atoms with Crippen LogP contribution in [0.1, 0.15) is 19.4 Å². The van der Waals surface area contributed by atoms with Crippen molar-refractivity contribution in [2.24, 2.45) is 0 Å². The molecular weight excluding hydrogens is 240 g/mol. The number of methoxy groups -OCH3 is 2. The molecule has 19 heavy (non-hydrogen) atoms. The Hall–Kier alpha value is -1.26. The van der Waals surface area contributed by atoms with Gasteiger partial charge in [0.25, 0.3) is 0 Å². The minimum atomic E-state index is 0.814. The highest BCUT2D eigenvalue weighted by Crippen LogP contribution is 2.24. The molecule has 0 spiro atoms. The third-order valence-corrected chi connectivity index (χ3v) is 3.31. The van der Waals surface area contributed by atoms with Crippen LogP contribution in [0.15, 0.2) is 18.2 Å². The molecule has 1 rings (SSSR count). The van der Waals surface area contributed by atoms with E-state index >= 15 is 0 Å². The van der Waals surface area contributed by atoms with E-state index in [-0.39, 0.29) is 0 Å². The molecule has 0 bridgehead atoms. The van der Waals surface area contributed by atoms with Crippen molar-refractivity contribution >= 4 is 0 Å². The van der Waals surface area contributed by atoms with Gasteiger partial charge in [-0.15, -0.1) is 0 Å². The number of benzene rings is 1. The Morgan fingerprint density at radius 1 is 1.11 bits per heavy atom. The number of hydrogen-bond donors (Lipinski definition) is 1. The van der Waals surface area contributed by atoms with Gasteiger partial charge < -0.3 is 19.7 Å². The van der Waals surface area contributed by atoms with Gasteiger partial charge >= 0.3 is 0 Å². The Balaban J connectivity index is 2.44. The molecule has 0 saturated carbocycles. The summed E-state index contributed by atoms with van der Waals surface area (Å²) in [5.41, 5.74) is 1.16. The first kappa shape index (κ1) is 15.8. The average molecular weight is 266 g/mol. The predicted octanol–water partition coefficient (Wildman–Crippen LogP) is 2.14. The van der Waals surface area contributed by atoms with Gasteiger partial charge in [0, 0.05) is 31.3 Å². The number of rotatable bonds is 9. The Labute approximate surface area is 116 Å². The quantitative estimate of drug-likeness (QED) is 0.694. The predicted molar refractivity (Wildman–Crippen MR) is 79.0 cm³/mol. The normalized spacial score (nSPS) is 10.8. The molecule has 0 heterocycles. The van der Waals surface area contributed by atoms with Gasteiger partial charge in [-0.25, -0.2) is 0 Å². The molecule has 1 N–H and O–H groups in total. The van der Waals surface area contributed by atoms with E-state index < -0.39 is 0 Å². The van der Waals surface area contributed by atoms with E-state index in [1.807, 2.05) is 18.2 Å². The van der Waals surface area contributed by atoms with Crippen LogP contribution in [0.5, 0.6) is 11.5 Å². The average Bonchev–Trinajstić information content (AvgIpc) is 2.47. The summed E-state index contributed by atoms with van der Waals surface area (Å²) in [5.74, 6) is 1.69. The summed E-state index contributed by atoms with van der Waals surface area (Å²) < 4.78 is 10.6. The van der Waals surface area contributed by atoms with E-state index in [9.17, 15) is 0 Å². The molecule has 1 aromatic carbocycles. The second kappa shape index (κ2) is 8.77. The maximum atomic E-state index is 5.38. The summed E-state index contributed by atoms with van der Waals surface area (Å²) in [5, 5.41) is 3.45. The lowest BCUT2D eigenvalue weighted by atomic mass is 10.2. The molecule has 0 aliphatic heterocycles. The van der Waals surface area contributed by atoms with Crippen LogP contribution in [0.3, 0.4) is 0 Å². The Morgan fingerprint density at radius 2 is 1.84 bits per heavy atom. The third kappa shape index (κ3) is 5.09. The van der Waals surface area contributed by atoms with E-state index in [2.05, 4.69) is 24.1 Å². The molecule has 0 aliphatic carbocycles. The Kier molecular flexibility index (Phi) is 7.30. The van der Waals surface area contributed by atoms with Crippen LogP contribution in [-0.4, -0.2) is 45.3 Å². The number of hydrogen-bond acceptors (Lipinski definition) is 4. The second-order valence-corrected chi connectivity index (χ2v) is 4.38. The van der Waals surface area contributed by atoms with Gasteiger partial charge in [-0.1, -0.05) is 19.9 Å². The van der Waals surface area contributed by atoms with Crippen molar-refractivity contribution in [2.75, 3.05) is 40.4 Å². The van der Waals surface area contributed by atoms with Crippen LogP contribution < -0.4 is 14.8 Å². The molecular formula is C15H26N2O2. The van der Waals surface area contributed by atoms with E-state index in [0.29, 0.717) is 0 Å². The van der Waals surface area contributed by atoms with Crippen LogP contribution >= 0.6 is 0 Å². The zero-order valence-electron chi connectivity index (χ0n) is 12.5. The molecule has 0 aromatic heterocycles. The molecule has 0 radical (unpaired) electrons. The second-order valence-electron chi connectivity index (χ2n) is 4.38. The van der Waals surface area contributed by atoms with Gasteiger partial charge in [0.15, 0.2) is 0 Å². The van der Waals surface area contributed by atoms with Crippen LogP contribution in [-0.2, 0) is 6.54 Å². The first-order valence-electron chi connectivity index (χ1n) is 6.89. The van der Waals surface area contributed by atoms with Gasteiger partial charge in [-0.3, -0.25) is 0 Å². The van der Waals surface area contributed by atoms with Gasteiger partial charge in [-0.05, 0) is 19.2 Å². The van der Waals surface area contributed by atoms with Crippen LogP contribution in [0.2, 0.25) is 0 Å². The van der Waals surface area contributed by atoms with Crippen molar-refractivity contribution in [2.45, 2.75) is 20.4 Å². The fraction of sp³-hybridized carbons (Fsp3) is 0.600. The molecule has 4 heteroatoms. The molecule has 0 aliphatic rings. The van der Waals surface area contributed by atoms with E-state index in [0.717, 1.165) is 49.8 Å².